The summed E-state index contributed by atoms with van der Waals surface area (Å²) in [5.74, 6) is -0.0558. The van der Waals surface area contributed by atoms with Crippen LogP contribution in [0.2, 0.25) is 0 Å². The van der Waals surface area contributed by atoms with Gasteiger partial charge in [0.05, 0.1) is 12.5 Å². The van der Waals surface area contributed by atoms with Gasteiger partial charge in [0, 0.05) is 12.1 Å². The third-order valence-corrected chi connectivity index (χ3v) is 2.01. The molecule has 2 N–H and O–H groups in total. The standard InChI is InChI=1S/C10H17N3O/c1-7(2)12-10(14)5-9(6-11)13-8-3-4-8/h7-9,13H,3-5H2,1-2H3,(H,12,14). The van der Waals surface area contributed by atoms with Crippen molar-refractivity contribution < 1.29 is 4.79 Å². The van der Waals surface area contributed by atoms with E-state index in [1.54, 1.807) is 0 Å². The van der Waals surface area contributed by atoms with E-state index in [1.807, 2.05) is 13.8 Å². The number of carbonyl (C=O) groups excluding carboxylic acids is 1. The van der Waals surface area contributed by atoms with Gasteiger partial charge in [-0.05, 0) is 26.7 Å². The lowest BCUT2D eigenvalue weighted by molar-refractivity contribution is -0.121. The Hall–Kier alpha value is -1.08. The zero-order valence-corrected chi connectivity index (χ0v) is 8.71. The van der Waals surface area contributed by atoms with Gasteiger partial charge >= 0.3 is 0 Å². The first kappa shape index (κ1) is 11.0. The molecule has 0 aromatic carbocycles. The van der Waals surface area contributed by atoms with E-state index in [1.165, 1.54) is 0 Å². The van der Waals surface area contributed by atoms with E-state index in [9.17, 15) is 4.79 Å². The van der Waals surface area contributed by atoms with Crippen molar-refractivity contribution in [1.82, 2.24) is 10.6 Å². The van der Waals surface area contributed by atoms with Gasteiger partial charge < -0.3 is 5.32 Å². The number of amides is 1. The van der Waals surface area contributed by atoms with Crippen molar-refractivity contribution in [2.75, 3.05) is 0 Å². The average Bonchev–Trinajstić information content (AvgIpc) is 2.85. The first-order valence-electron chi connectivity index (χ1n) is 5.07. The second-order valence-electron chi connectivity index (χ2n) is 4.05. The summed E-state index contributed by atoms with van der Waals surface area (Å²) in [6.07, 6.45) is 2.51. The highest BCUT2D eigenvalue weighted by atomic mass is 16.1. The molecule has 1 unspecified atom stereocenters. The van der Waals surface area contributed by atoms with Gasteiger partial charge in [-0.25, -0.2) is 0 Å². The first-order chi connectivity index (χ1) is 6.61. The quantitative estimate of drug-likeness (QED) is 0.673. The lowest BCUT2D eigenvalue weighted by Crippen LogP contribution is -2.38. The van der Waals surface area contributed by atoms with E-state index in [0.717, 1.165) is 12.8 Å². The van der Waals surface area contributed by atoms with Gasteiger partial charge in [-0.2, -0.15) is 5.26 Å². The van der Waals surface area contributed by atoms with E-state index in [2.05, 4.69) is 16.7 Å². The Kier molecular flexibility index (Phi) is 3.90. The van der Waals surface area contributed by atoms with Crippen LogP contribution in [0.25, 0.3) is 0 Å². The van der Waals surface area contributed by atoms with E-state index in [0.29, 0.717) is 6.04 Å². The highest BCUT2D eigenvalue weighted by molar-refractivity contribution is 5.77. The second-order valence-corrected chi connectivity index (χ2v) is 4.05. The molecule has 4 heteroatoms. The van der Waals surface area contributed by atoms with Crippen LogP contribution in [0.1, 0.15) is 33.1 Å². The maximum atomic E-state index is 11.3. The molecule has 0 heterocycles. The molecule has 0 spiro atoms. The monoisotopic (exact) mass is 195 g/mol. The van der Waals surface area contributed by atoms with Crippen molar-refractivity contribution in [3.8, 4) is 6.07 Å². The highest BCUT2D eigenvalue weighted by Gasteiger charge is 2.25. The number of nitrogens with one attached hydrogen (secondary N) is 2. The normalized spacial score (nSPS) is 17.6. The zero-order chi connectivity index (χ0) is 10.6. The minimum atomic E-state index is -0.332. The van der Waals surface area contributed by atoms with Crippen LogP contribution in [-0.2, 0) is 4.79 Å². The van der Waals surface area contributed by atoms with Crippen LogP contribution in [0.4, 0.5) is 0 Å². The van der Waals surface area contributed by atoms with Crippen molar-refractivity contribution in [3.05, 3.63) is 0 Å². The van der Waals surface area contributed by atoms with Gasteiger partial charge in [-0.15, -0.1) is 0 Å². The molecule has 0 saturated heterocycles. The molecular weight excluding hydrogens is 178 g/mol. The fourth-order valence-corrected chi connectivity index (χ4v) is 1.24. The predicted molar refractivity (Wildman–Crippen MR) is 53.5 cm³/mol. The van der Waals surface area contributed by atoms with Crippen LogP contribution in [0.15, 0.2) is 0 Å². The van der Waals surface area contributed by atoms with Crippen molar-refractivity contribution in [2.24, 2.45) is 0 Å². The summed E-state index contributed by atoms with van der Waals surface area (Å²) in [6, 6.07) is 2.38. The summed E-state index contributed by atoms with van der Waals surface area (Å²) in [5.41, 5.74) is 0. The maximum absolute atomic E-state index is 11.3. The van der Waals surface area contributed by atoms with Crippen molar-refractivity contribution in [2.45, 2.75) is 51.2 Å². The summed E-state index contributed by atoms with van der Waals surface area (Å²) < 4.78 is 0. The van der Waals surface area contributed by atoms with Gasteiger partial charge in [-0.3, -0.25) is 10.1 Å². The summed E-state index contributed by atoms with van der Waals surface area (Å²) in [6.45, 7) is 3.82. The molecule has 0 bridgehead atoms. The number of nitrogens with zero attached hydrogens (tertiary/aromatic N) is 1. The van der Waals surface area contributed by atoms with Gasteiger partial charge in [0.1, 0.15) is 6.04 Å². The molecule has 1 rings (SSSR count). The van der Waals surface area contributed by atoms with E-state index in [-0.39, 0.29) is 24.4 Å². The largest absolute Gasteiger partial charge is 0.354 e. The van der Waals surface area contributed by atoms with Gasteiger partial charge in [-0.1, -0.05) is 0 Å². The molecular formula is C10H17N3O. The predicted octanol–water partition coefficient (Wildman–Crippen LogP) is 0.545. The molecule has 0 radical (unpaired) electrons. The zero-order valence-electron chi connectivity index (χ0n) is 8.71. The Morgan fingerprint density at radius 2 is 2.21 bits per heavy atom. The summed E-state index contributed by atoms with van der Waals surface area (Å²) in [5, 5.41) is 14.7. The van der Waals surface area contributed by atoms with E-state index >= 15 is 0 Å². The Morgan fingerprint density at radius 1 is 1.57 bits per heavy atom. The minimum Gasteiger partial charge on any atom is -0.354 e. The fourth-order valence-electron chi connectivity index (χ4n) is 1.24. The van der Waals surface area contributed by atoms with Crippen LogP contribution >= 0.6 is 0 Å². The van der Waals surface area contributed by atoms with Crippen LogP contribution in [0.3, 0.4) is 0 Å². The van der Waals surface area contributed by atoms with Crippen molar-refractivity contribution in [3.63, 3.8) is 0 Å². The van der Waals surface area contributed by atoms with Crippen LogP contribution < -0.4 is 10.6 Å². The molecule has 1 atom stereocenters. The van der Waals surface area contributed by atoms with Crippen LogP contribution in [0, 0.1) is 11.3 Å². The van der Waals surface area contributed by atoms with Crippen molar-refractivity contribution >= 4 is 5.91 Å². The van der Waals surface area contributed by atoms with E-state index in [4.69, 9.17) is 5.26 Å². The van der Waals surface area contributed by atoms with Gasteiger partial charge in [0.15, 0.2) is 0 Å². The number of hydrogen-bond acceptors (Lipinski definition) is 3. The average molecular weight is 195 g/mol. The SMILES string of the molecule is CC(C)NC(=O)CC(C#N)NC1CC1. The lowest BCUT2D eigenvalue weighted by atomic mass is 10.2. The second kappa shape index (κ2) is 4.97. The molecule has 1 aliphatic carbocycles. The molecule has 1 fully saturated rings. The van der Waals surface area contributed by atoms with Gasteiger partial charge in [0.2, 0.25) is 5.91 Å². The van der Waals surface area contributed by atoms with E-state index < -0.39 is 0 Å². The Bertz CT molecular complexity index is 240. The molecule has 78 valence electrons. The molecule has 1 saturated carbocycles. The van der Waals surface area contributed by atoms with Crippen molar-refractivity contribution in [1.29, 1.82) is 5.26 Å². The number of carbonyl (C=O) groups is 1. The molecule has 4 nitrogen and oxygen atoms in total. The third-order valence-electron chi connectivity index (χ3n) is 2.01. The number of rotatable bonds is 5. The highest BCUT2D eigenvalue weighted by Crippen LogP contribution is 2.19. The third kappa shape index (κ3) is 4.24. The van der Waals surface area contributed by atoms with Crippen LogP contribution in [0.5, 0.6) is 0 Å². The number of nitriles is 1. The summed E-state index contributed by atoms with van der Waals surface area (Å²) in [7, 11) is 0. The Labute approximate surface area is 84.7 Å². The number of hydrogen-bond donors (Lipinski definition) is 2. The fraction of sp³-hybridized carbons (Fsp3) is 0.800. The molecule has 1 amide bonds. The minimum absolute atomic E-state index is 0.0558. The molecule has 14 heavy (non-hydrogen) atoms. The van der Waals surface area contributed by atoms with Crippen LogP contribution in [-0.4, -0.2) is 24.0 Å². The Balaban J connectivity index is 2.24. The first-order valence-corrected chi connectivity index (χ1v) is 5.07. The van der Waals surface area contributed by atoms with Gasteiger partial charge in [0.25, 0.3) is 0 Å². The molecule has 1 aliphatic rings. The summed E-state index contributed by atoms with van der Waals surface area (Å²) >= 11 is 0. The molecule has 0 aromatic rings. The topological polar surface area (TPSA) is 64.9 Å². The smallest absolute Gasteiger partial charge is 0.222 e. The Morgan fingerprint density at radius 3 is 2.64 bits per heavy atom. The lowest BCUT2D eigenvalue weighted by Gasteiger charge is -2.12. The maximum Gasteiger partial charge on any atom is 0.222 e. The summed E-state index contributed by atoms with van der Waals surface area (Å²) in [4.78, 5) is 11.3. The molecule has 0 aromatic heterocycles. The molecule has 0 aliphatic heterocycles.